The largest absolute Gasteiger partial charge is 0.310 e. The number of imidazole rings is 1. The van der Waals surface area contributed by atoms with Crippen molar-refractivity contribution in [2.45, 2.75) is 19.4 Å². The van der Waals surface area contributed by atoms with Gasteiger partial charge in [-0.15, -0.1) is 11.3 Å². The zero-order valence-electron chi connectivity index (χ0n) is 18.8. The van der Waals surface area contributed by atoms with E-state index in [1.165, 1.54) is 6.07 Å². The summed E-state index contributed by atoms with van der Waals surface area (Å²) in [4.78, 5) is 17.7. The number of benzene rings is 2. The van der Waals surface area contributed by atoms with Gasteiger partial charge in [0.05, 0.1) is 22.5 Å². The van der Waals surface area contributed by atoms with E-state index in [4.69, 9.17) is 4.98 Å². The first-order chi connectivity index (χ1) is 16.7. The number of alkyl halides is 2. The van der Waals surface area contributed by atoms with Crippen LogP contribution in [0.2, 0.25) is 0 Å². The quantitative estimate of drug-likeness (QED) is 0.161. The SMILES string of the molecule is Cn1nc(-c2cccs2)cc1Nc1nc2cc(C(=O)I)ccc2n1Cc1ccccc1C(C)(F)F. The van der Waals surface area contributed by atoms with Gasteiger partial charge in [-0.25, -0.2) is 13.8 Å². The maximum Gasteiger partial charge on any atom is 0.270 e. The van der Waals surface area contributed by atoms with Crippen molar-refractivity contribution in [1.82, 2.24) is 19.3 Å². The van der Waals surface area contributed by atoms with E-state index in [-0.39, 0.29) is 15.9 Å². The minimum Gasteiger partial charge on any atom is -0.310 e. The third-order valence-corrected chi connectivity index (χ3v) is 7.20. The predicted octanol–water partition coefficient (Wildman–Crippen LogP) is 6.98. The third kappa shape index (κ3) is 4.72. The van der Waals surface area contributed by atoms with Gasteiger partial charge in [0.1, 0.15) is 11.5 Å². The molecule has 5 aromatic rings. The molecule has 0 aliphatic rings. The second-order valence-corrected chi connectivity index (χ2v) is 10.1. The Morgan fingerprint density at radius 2 is 1.94 bits per heavy atom. The maximum atomic E-state index is 14.3. The van der Waals surface area contributed by atoms with Gasteiger partial charge in [0.15, 0.2) is 0 Å². The Bertz CT molecular complexity index is 1540. The topological polar surface area (TPSA) is 64.7 Å². The number of aryl methyl sites for hydroxylation is 1. The number of carbonyl (C=O) groups excluding carboxylic acids is 1. The van der Waals surface area contributed by atoms with Gasteiger partial charge in [-0.2, -0.15) is 5.10 Å². The lowest BCUT2D eigenvalue weighted by Gasteiger charge is -2.18. The summed E-state index contributed by atoms with van der Waals surface area (Å²) in [6, 6.07) is 17.6. The normalized spacial score (nSPS) is 11.8. The maximum absolute atomic E-state index is 14.3. The predicted molar refractivity (Wildman–Crippen MR) is 143 cm³/mol. The summed E-state index contributed by atoms with van der Waals surface area (Å²) in [5.74, 6) is -1.82. The van der Waals surface area contributed by atoms with Crippen LogP contribution in [-0.2, 0) is 19.5 Å². The number of fused-ring (bicyclic) bond motifs is 1. The number of nitrogens with zero attached hydrogens (tertiary/aromatic N) is 4. The molecule has 5 rings (SSSR count). The van der Waals surface area contributed by atoms with Crippen molar-refractivity contribution in [3.8, 4) is 10.6 Å². The van der Waals surface area contributed by atoms with E-state index in [9.17, 15) is 13.6 Å². The highest BCUT2D eigenvalue weighted by Gasteiger charge is 2.28. The molecular weight excluding hydrogens is 583 g/mol. The second-order valence-electron chi connectivity index (χ2n) is 8.19. The van der Waals surface area contributed by atoms with Crippen LogP contribution < -0.4 is 5.32 Å². The Balaban J connectivity index is 1.61. The molecule has 0 spiro atoms. The Hall–Kier alpha value is -3.12. The van der Waals surface area contributed by atoms with Crippen LogP contribution in [0.3, 0.4) is 0 Å². The van der Waals surface area contributed by atoms with Crippen LogP contribution in [0.1, 0.15) is 28.4 Å². The fourth-order valence-electron chi connectivity index (χ4n) is 4.01. The monoisotopic (exact) mass is 603 g/mol. The van der Waals surface area contributed by atoms with E-state index in [1.54, 1.807) is 75.0 Å². The number of hydrogen-bond acceptors (Lipinski definition) is 5. The average molecular weight is 603 g/mol. The summed E-state index contributed by atoms with van der Waals surface area (Å²) < 4.78 is 32.2. The Morgan fingerprint density at radius 3 is 2.66 bits per heavy atom. The summed E-state index contributed by atoms with van der Waals surface area (Å²) >= 11 is 3.33. The van der Waals surface area contributed by atoms with Crippen molar-refractivity contribution in [3.05, 3.63) is 82.7 Å². The fourth-order valence-corrected chi connectivity index (χ4v) is 5.02. The molecule has 0 aliphatic heterocycles. The lowest BCUT2D eigenvalue weighted by molar-refractivity contribution is 0.0165. The summed E-state index contributed by atoms with van der Waals surface area (Å²) in [6.07, 6.45) is 0. The minimum absolute atomic E-state index is 0.0348. The van der Waals surface area contributed by atoms with Gasteiger partial charge < -0.3 is 9.88 Å². The number of thiophene rings is 1. The number of carbonyl (C=O) groups is 1. The molecule has 2 aromatic carbocycles. The van der Waals surface area contributed by atoms with Gasteiger partial charge in [0.25, 0.3) is 5.92 Å². The van der Waals surface area contributed by atoms with E-state index in [0.29, 0.717) is 28.4 Å². The molecule has 0 atom stereocenters. The summed E-state index contributed by atoms with van der Waals surface area (Å²) in [6.45, 7) is 1.07. The van der Waals surface area contributed by atoms with Gasteiger partial charge in [-0.05, 0) is 35.2 Å². The van der Waals surface area contributed by atoms with Crippen LogP contribution in [0, 0.1) is 0 Å². The highest BCUT2D eigenvalue weighted by atomic mass is 127. The van der Waals surface area contributed by atoms with E-state index in [2.05, 4.69) is 10.4 Å². The van der Waals surface area contributed by atoms with E-state index < -0.39 is 5.92 Å². The molecule has 3 aromatic heterocycles. The lowest BCUT2D eigenvalue weighted by atomic mass is 10.0. The summed E-state index contributed by atoms with van der Waals surface area (Å²) in [7, 11) is 1.83. The van der Waals surface area contributed by atoms with Gasteiger partial charge in [-0.3, -0.25) is 9.48 Å². The standard InChI is InChI=1S/C25H20F2IN5OS/c1-25(26,27)17-7-4-3-6-16(17)14-33-20-10-9-15(23(28)34)12-18(20)29-24(33)30-22-13-19(31-32(22)2)21-8-5-11-35-21/h3-13H,14H2,1-2H3,(H,29,30). The molecule has 0 saturated heterocycles. The van der Waals surface area contributed by atoms with Crippen LogP contribution >= 0.6 is 33.9 Å². The molecule has 0 amide bonds. The number of nitrogens with one attached hydrogen (secondary N) is 1. The van der Waals surface area contributed by atoms with Gasteiger partial charge in [-0.1, -0.05) is 30.3 Å². The molecule has 0 unspecified atom stereocenters. The Kier molecular flexibility index (Phi) is 6.18. The number of hydrogen-bond donors (Lipinski definition) is 1. The first kappa shape index (κ1) is 23.6. The molecule has 35 heavy (non-hydrogen) atoms. The van der Waals surface area contributed by atoms with Crippen molar-refractivity contribution in [3.63, 3.8) is 0 Å². The molecule has 10 heteroatoms. The molecule has 3 heterocycles. The van der Waals surface area contributed by atoms with E-state index >= 15 is 0 Å². The third-order valence-electron chi connectivity index (χ3n) is 5.69. The van der Waals surface area contributed by atoms with Crippen molar-refractivity contribution in [2.75, 3.05) is 5.32 Å². The Morgan fingerprint density at radius 1 is 1.14 bits per heavy atom. The number of halogens is 3. The molecule has 0 fully saturated rings. The minimum atomic E-state index is -2.99. The van der Waals surface area contributed by atoms with Crippen LogP contribution in [-0.4, -0.2) is 23.1 Å². The van der Waals surface area contributed by atoms with E-state index in [1.807, 2.05) is 35.2 Å². The zero-order valence-corrected chi connectivity index (χ0v) is 21.8. The molecule has 1 N–H and O–H groups in total. The van der Waals surface area contributed by atoms with Crippen LogP contribution in [0.25, 0.3) is 21.6 Å². The summed E-state index contributed by atoms with van der Waals surface area (Å²) in [5, 5.41) is 9.90. The molecule has 0 bridgehead atoms. The highest BCUT2D eigenvalue weighted by Crippen LogP contribution is 2.33. The van der Waals surface area contributed by atoms with Crippen molar-refractivity contribution in [2.24, 2.45) is 7.05 Å². The van der Waals surface area contributed by atoms with Gasteiger partial charge in [0, 0.05) is 53.8 Å². The van der Waals surface area contributed by atoms with Crippen molar-refractivity contribution < 1.29 is 13.6 Å². The van der Waals surface area contributed by atoms with Crippen LogP contribution in [0.4, 0.5) is 20.5 Å². The Labute approximate surface area is 217 Å². The number of rotatable bonds is 7. The van der Waals surface area contributed by atoms with Gasteiger partial charge >= 0.3 is 0 Å². The first-order valence-electron chi connectivity index (χ1n) is 10.7. The smallest absolute Gasteiger partial charge is 0.270 e. The van der Waals surface area contributed by atoms with Crippen molar-refractivity contribution in [1.29, 1.82) is 0 Å². The molecule has 0 saturated carbocycles. The van der Waals surface area contributed by atoms with E-state index in [0.717, 1.165) is 23.0 Å². The molecule has 6 nitrogen and oxygen atoms in total. The van der Waals surface area contributed by atoms with Crippen molar-refractivity contribution >= 4 is 60.5 Å². The zero-order chi connectivity index (χ0) is 24.7. The first-order valence-corrected chi connectivity index (χ1v) is 12.7. The van der Waals surface area contributed by atoms with Crippen LogP contribution in [0.5, 0.6) is 0 Å². The van der Waals surface area contributed by atoms with Crippen LogP contribution in [0.15, 0.2) is 66.0 Å². The second kappa shape index (κ2) is 9.15. The summed E-state index contributed by atoms with van der Waals surface area (Å²) in [5.41, 5.74) is 3.12. The molecule has 0 radical (unpaired) electrons. The molecular formula is C25H20F2IN5OS. The molecule has 0 aliphatic carbocycles. The average Bonchev–Trinajstić information content (AvgIpc) is 3.54. The highest BCUT2D eigenvalue weighted by molar-refractivity contribution is 14.1. The van der Waals surface area contributed by atoms with Gasteiger partial charge in [0.2, 0.25) is 9.74 Å². The number of anilines is 2. The molecule has 178 valence electrons. The lowest BCUT2D eigenvalue weighted by Crippen LogP contribution is -2.14. The fraction of sp³-hybridized carbons (Fsp3) is 0.160. The number of aromatic nitrogens is 4.